The number of hydrogen-bond donors (Lipinski definition) is 1. The molecule has 5 rings (SSSR count). The molecular weight excluding hydrogens is 506 g/mol. The van der Waals surface area contributed by atoms with Crippen molar-refractivity contribution in [2.24, 2.45) is 0 Å². The molecule has 0 spiro atoms. The Labute approximate surface area is 222 Å². The van der Waals surface area contributed by atoms with Crippen LogP contribution < -0.4 is 10.6 Å². The van der Waals surface area contributed by atoms with E-state index in [2.05, 4.69) is 21.5 Å². The molecule has 1 fully saturated rings. The van der Waals surface area contributed by atoms with Crippen molar-refractivity contribution in [3.8, 4) is 22.7 Å². The van der Waals surface area contributed by atoms with Crippen LogP contribution in [0.25, 0.3) is 28.0 Å². The predicted molar refractivity (Wildman–Crippen MR) is 143 cm³/mol. The number of carbonyl (C=O) groups excluding carboxylic acids is 1. The number of hydrogen-bond acceptors (Lipinski definition) is 7. The van der Waals surface area contributed by atoms with E-state index < -0.39 is 34.3 Å². The number of pyridine rings is 2. The molecule has 0 radical (unpaired) electrons. The maximum Gasteiger partial charge on any atom is 0.355 e. The average Bonchev–Trinajstić information content (AvgIpc) is 2.89. The first-order valence-corrected chi connectivity index (χ1v) is 12.3. The Balaban J connectivity index is 1.81. The maximum absolute atomic E-state index is 15.7. The summed E-state index contributed by atoms with van der Waals surface area (Å²) in [5, 5.41) is 10.6. The van der Waals surface area contributed by atoms with Gasteiger partial charge in [-0.1, -0.05) is 12.6 Å². The van der Waals surface area contributed by atoms with Crippen LogP contribution in [0, 0.1) is 25.5 Å². The van der Waals surface area contributed by atoms with E-state index in [0.717, 1.165) is 12.1 Å². The number of rotatable bonds is 4. The summed E-state index contributed by atoms with van der Waals surface area (Å²) in [5.41, 5.74) is 0.113. The zero-order valence-corrected chi connectivity index (χ0v) is 21.7. The van der Waals surface area contributed by atoms with E-state index in [-0.39, 0.29) is 28.8 Å². The summed E-state index contributed by atoms with van der Waals surface area (Å²) < 4.78 is 31.7. The number of anilines is 1. The number of amides is 1. The van der Waals surface area contributed by atoms with Crippen LogP contribution in [0.1, 0.15) is 18.2 Å². The summed E-state index contributed by atoms with van der Waals surface area (Å²) in [4.78, 5) is 42.4. The van der Waals surface area contributed by atoms with Gasteiger partial charge < -0.3 is 14.9 Å². The van der Waals surface area contributed by atoms with Crippen molar-refractivity contribution in [3.05, 3.63) is 82.6 Å². The van der Waals surface area contributed by atoms with Crippen molar-refractivity contribution in [1.82, 2.24) is 24.4 Å². The van der Waals surface area contributed by atoms with Crippen molar-refractivity contribution >= 4 is 22.8 Å². The van der Waals surface area contributed by atoms with Crippen LogP contribution in [0.2, 0.25) is 0 Å². The maximum atomic E-state index is 15.7. The number of carbonyl (C=O) groups is 1. The van der Waals surface area contributed by atoms with Gasteiger partial charge in [0.15, 0.2) is 11.5 Å². The monoisotopic (exact) mass is 532 g/mol. The highest BCUT2D eigenvalue weighted by molar-refractivity contribution is 5.91. The molecule has 11 heteroatoms. The highest BCUT2D eigenvalue weighted by Crippen LogP contribution is 2.36. The fourth-order valence-electron chi connectivity index (χ4n) is 5.07. The fourth-order valence-corrected chi connectivity index (χ4v) is 5.07. The second-order valence-corrected chi connectivity index (χ2v) is 9.47. The third kappa shape index (κ3) is 4.39. The minimum absolute atomic E-state index is 0.0278. The standard InChI is InChI=1S/C28H26F2N6O3/c1-5-22(38)34-11-12-35(16(3)14-34)26-18-13-20(30)24(23-19(29)7-6-8-21(23)37)32-27(18)36(28(39)33-26)25-15(2)9-10-31-17(25)4/h5-10,13,16,37H,1,11-12,14H2,2-4H3. The molecule has 1 atom stereocenters. The Morgan fingerprint density at radius 1 is 1.15 bits per heavy atom. The first-order valence-electron chi connectivity index (χ1n) is 12.3. The smallest absolute Gasteiger partial charge is 0.355 e. The molecule has 9 nitrogen and oxygen atoms in total. The lowest BCUT2D eigenvalue weighted by Crippen LogP contribution is -2.54. The van der Waals surface area contributed by atoms with Gasteiger partial charge in [0.1, 0.15) is 23.1 Å². The van der Waals surface area contributed by atoms with Gasteiger partial charge >= 0.3 is 5.69 Å². The van der Waals surface area contributed by atoms with Crippen LogP contribution in [0.15, 0.2) is 54.0 Å². The number of phenolic OH excluding ortho intramolecular Hbond substituents is 1. The first-order chi connectivity index (χ1) is 18.6. The summed E-state index contributed by atoms with van der Waals surface area (Å²) in [5.74, 6) is -2.27. The zero-order valence-electron chi connectivity index (χ0n) is 21.7. The van der Waals surface area contributed by atoms with E-state index in [9.17, 15) is 19.1 Å². The average molecular weight is 533 g/mol. The van der Waals surface area contributed by atoms with Gasteiger partial charge in [-0.3, -0.25) is 9.78 Å². The Morgan fingerprint density at radius 2 is 1.92 bits per heavy atom. The highest BCUT2D eigenvalue weighted by atomic mass is 19.1. The van der Waals surface area contributed by atoms with Gasteiger partial charge in [-0.2, -0.15) is 4.98 Å². The van der Waals surface area contributed by atoms with Gasteiger partial charge in [0.05, 0.1) is 22.3 Å². The number of piperazine rings is 1. The van der Waals surface area contributed by atoms with Crippen molar-refractivity contribution in [1.29, 1.82) is 0 Å². The Hall–Kier alpha value is -4.67. The molecule has 4 heterocycles. The molecule has 0 saturated carbocycles. The van der Waals surface area contributed by atoms with Crippen molar-refractivity contribution in [2.45, 2.75) is 26.8 Å². The summed E-state index contributed by atoms with van der Waals surface area (Å²) >= 11 is 0. The lowest BCUT2D eigenvalue weighted by Gasteiger charge is -2.40. The largest absolute Gasteiger partial charge is 0.507 e. The van der Waals surface area contributed by atoms with E-state index in [4.69, 9.17) is 0 Å². The second kappa shape index (κ2) is 9.90. The molecule has 1 amide bonds. The minimum Gasteiger partial charge on any atom is -0.507 e. The van der Waals surface area contributed by atoms with Crippen LogP contribution >= 0.6 is 0 Å². The topological polar surface area (TPSA) is 104 Å². The van der Waals surface area contributed by atoms with Crippen molar-refractivity contribution in [3.63, 3.8) is 0 Å². The van der Waals surface area contributed by atoms with Crippen molar-refractivity contribution < 1.29 is 18.7 Å². The molecule has 1 aromatic carbocycles. The summed E-state index contributed by atoms with van der Waals surface area (Å²) in [7, 11) is 0. The zero-order chi connectivity index (χ0) is 28.0. The van der Waals surface area contributed by atoms with Crippen molar-refractivity contribution in [2.75, 3.05) is 24.5 Å². The van der Waals surface area contributed by atoms with Gasteiger partial charge in [0.25, 0.3) is 0 Å². The molecule has 39 heavy (non-hydrogen) atoms. The highest BCUT2D eigenvalue weighted by Gasteiger charge is 2.30. The predicted octanol–water partition coefficient (Wildman–Crippen LogP) is 3.67. The fraction of sp³-hybridized carbons (Fsp3) is 0.250. The first kappa shape index (κ1) is 26.0. The summed E-state index contributed by atoms with van der Waals surface area (Å²) in [6.07, 6.45) is 2.85. The van der Waals surface area contributed by atoms with Crippen LogP contribution in [0.3, 0.4) is 0 Å². The molecule has 0 aliphatic carbocycles. The normalized spacial score (nSPS) is 15.6. The Kier molecular flexibility index (Phi) is 6.59. The molecule has 1 N–H and O–H groups in total. The molecule has 4 aromatic rings. The number of aromatic hydroxyl groups is 1. The van der Waals surface area contributed by atoms with E-state index in [1.165, 1.54) is 22.8 Å². The molecule has 3 aromatic heterocycles. The van der Waals surface area contributed by atoms with E-state index in [1.807, 2.05) is 11.8 Å². The number of benzene rings is 1. The van der Waals surface area contributed by atoms with Gasteiger partial charge in [0, 0.05) is 31.9 Å². The SMILES string of the molecule is C=CC(=O)N1CCN(c2nc(=O)n(-c3c(C)ccnc3C)c3nc(-c4c(O)cccc4F)c(F)cc23)C(C)C1. The molecule has 1 aliphatic rings. The quantitative estimate of drug-likeness (QED) is 0.400. The van der Waals surface area contributed by atoms with Gasteiger partial charge in [-0.15, -0.1) is 0 Å². The number of fused-ring (bicyclic) bond motifs is 1. The van der Waals surface area contributed by atoms with E-state index in [1.54, 1.807) is 31.0 Å². The number of aromatic nitrogens is 4. The third-order valence-electron chi connectivity index (χ3n) is 6.95. The molecule has 0 bridgehead atoms. The van der Waals surface area contributed by atoms with E-state index in [0.29, 0.717) is 36.6 Å². The van der Waals surface area contributed by atoms with Crippen LogP contribution in [-0.4, -0.2) is 61.1 Å². The molecule has 1 aliphatic heterocycles. The number of aryl methyl sites for hydroxylation is 2. The van der Waals surface area contributed by atoms with Gasteiger partial charge in [0.2, 0.25) is 5.91 Å². The lowest BCUT2D eigenvalue weighted by atomic mass is 10.1. The number of phenols is 1. The minimum atomic E-state index is -0.899. The van der Waals surface area contributed by atoms with Crippen LogP contribution in [0.5, 0.6) is 5.75 Å². The summed E-state index contributed by atoms with van der Waals surface area (Å²) in [6.45, 7) is 9.94. The molecule has 200 valence electrons. The summed E-state index contributed by atoms with van der Waals surface area (Å²) in [6, 6.07) is 6.22. The molecule has 1 saturated heterocycles. The third-order valence-corrected chi connectivity index (χ3v) is 6.95. The van der Waals surface area contributed by atoms with E-state index >= 15 is 4.39 Å². The lowest BCUT2D eigenvalue weighted by molar-refractivity contribution is -0.126. The Bertz CT molecular complexity index is 1660. The van der Waals surface area contributed by atoms with Crippen LogP contribution in [0.4, 0.5) is 14.6 Å². The second-order valence-electron chi connectivity index (χ2n) is 9.47. The van der Waals surface area contributed by atoms with Gasteiger partial charge in [-0.05, 0) is 56.7 Å². The van der Waals surface area contributed by atoms with Crippen LogP contribution in [-0.2, 0) is 4.79 Å². The number of halogens is 2. The molecular formula is C28H26F2N6O3. The molecule has 1 unspecified atom stereocenters. The Morgan fingerprint density at radius 3 is 2.59 bits per heavy atom. The van der Waals surface area contributed by atoms with Gasteiger partial charge in [-0.25, -0.2) is 23.1 Å². The number of nitrogens with zero attached hydrogens (tertiary/aromatic N) is 6.